The largest absolute Gasteiger partial charge is 0.353 e. The van der Waals surface area contributed by atoms with Gasteiger partial charge >= 0.3 is 0 Å². The van der Waals surface area contributed by atoms with E-state index in [0.717, 1.165) is 43.4 Å². The van der Waals surface area contributed by atoms with Crippen LogP contribution >= 0.6 is 11.6 Å². The number of anilines is 1. The first kappa shape index (κ1) is 18.8. The van der Waals surface area contributed by atoms with Gasteiger partial charge in [-0.1, -0.05) is 24.6 Å². The van der Waals surface area contributed by atoms with E-state index in [-0.39, 0.29) is 29.7 Å². The van der Waals surface area contributed by atoms with E-state index in [4.69, 9.17) is 11.6 Å². The molecule has 0 radical (unpaired) electrons. The number of aryl methyl sites for hydroxylation is 1. The summed E-state index contributed by atoms with van der Waals surface area (Å²) in [5.74, 6) is 0.166. The molecule has 1 fully saturated rings. The summed E-state index contributed by atoms with van der Waals surface area (Å²) in [4.78, 5) is 24.6. The van der Waals surface area contributed by atoms with E-state index in [9.17, 15) is 9.59 Å². The molecule has 0 bridgehead atoms. The predicted octanol–water partition coefficient (Wildman–Crippen LogP) is 4.31. The van der Waals surface area contributed by atoms with Crippen LogP contribution in [0.15, 0.2) is 18.2 Å². The van der Waals surface area contributed by atoms with Gasteiger partial charge < -0.3 is 10.6 Å². The Balaban J connectivity index is 1.84. The van der Waals surface area contributed by atoms with E-state index in [1.165, 1.54) is 0 Å². The highest BCUT2D eigenvalue weighted by Gasteiger charge is 2.30. The van der Waals surface area contributed by atoms with Gasteiger partial charge in [-0.05, 0) is 63.6 Å². The second-order valence-corrected chi connectivity index (χ2v) is 7.23. The third-order valence-electron chi connectivity index (χ3n) is 4.91. The summed E-state index contributed by atoms with van der Waals surface area (Å²) >= 11 is 6.09. The number of nitrogens with one attached hydrogen (secondary N) is 2. The highest BCUT2D eigenvalue weighted by atomic mass is 35.5. The standard InChI is InChI=1S/C19H27ClN2O2/c1-4-13(3)21-18(23)14-6-8-15(9-7-14)19(24)22-16-10-5-12(2)17(20)11-16/h5,10-11,13-15H,4,6-9H2,1-3H3,(H,21,23)(H,22,24). The molecule has 4 nitrogen and oxygen atoms in total. The van der Waals surface area contributed by atoms with Gasteiger partial charge in [-0.25, -0.2) is 0 Å². The van der Waals surface area contributed by atoms with Crippen molar-refractivity contribution in [3.05, 3.63) is 28.8 Å². The maximum atomic E-state index is 12.4. The number of benzene rings is 1. The van der Waals surface area contributed by atoms with E-state index >= 15 is 0 Å². The summed E-state index contributed by atoms with van der Waals surface area (Å²) in [6.07, 6.45) is 3.99. The molecule has 1 aliphatic carbocycles. The zero-order valence-corrected chi connectivity index (χ0v) is 15.5. The van der Waals surface area contributed by atoms with Crippen molar-refractivity contribution in [1.29, 1.82) is 0 Å². The molecule has 24 heavy (non-hydrogen) atoms. The monoisotopic (exact) mass is 350 g/mol. The number of carbonyl (C=O) groups excluding carboxylic acids is 2. The van der Waals surface area contributed by atoms with Gasteiger partial charge in [0, 0.05) is 28.6 Å². The Morgan fingerprint density at radius 3 is 2.29 bits per heavy atom. The quantitative estimate of drug-likeness (QED) is 0.831. The minimum Gasteiger partial charge on any atom is -0.353 e. The molecule has 2 N–H and O–H groups in total. The number of hydrogen-bond donors (Lipinski definition) is 2. The van der Waals surface area contributed by atoms with E-state index in [0.29, 0.717) is 5.02 Å². The van der Waals surface area contributed by atoms with Crippen molar-refractivity contribution in [2.24, 2.45) is 11.8 Å². The molecule has 0 saturated heterocycles. The lowest BCUT2D eigenvalue weighted by atomic mass is 9.81. The summed E-state index contributed by atoms with van der Waals surface area (Å²) in [6.45, 7) is 6.01. The Bertz CT molecular complexity index is 595. The van der Waals surface area contributed by atoms with Crippen LogP contribution < -0.4 is 10.6 Å². The molecule has 0 spiro atoms. The van der Waals surface area contributed by atoms with E-state index < -0.39 is 0 Å². The topological polar surface area (TPSA) is 58.2 Å². The van der Waals surface area contributed by atoms with Gasteiger partial charge in [-0.15, -0.1) is 0 Å². The molecule has 1 aromatic carbocycles. The van der Waals surface area contributed by atoms with Gasteiger partial charge in [-0.3, -0.25) is 9.59 Å². The first-order valence-corrected chi connectivity index (χ1v) is 9.15. The molecule has 2 rings (SSSR count). The Labute approximate surface area is 149 Å². The van der Waals surface area contributed by atoms with Crippen LogP contribution in [-0.4, -0.2) is 17.9 Å². The van der Waals surface area contributed by atoms with Crippen LogP contribution in [-0.2, 0) is 9.59 Å². The fraction of sp³-hybridized carbons (Fsp3) is 0.579. The minimum atomic E-state index is -0.0299. The van der Waals surface area contributed by atoms with E-state index in [1.807, 2.05) is 26.0 Å². The summed E-state index contributed by atoms with van der Waals surface area (Å²) in [6, 6.07) is 5.75. The van der Waals surface area contributed by atoms with Gasteiger partial charge in [0.25, 0.3) is 0 Å². The zero-order chi connectivity index (χ0) is 17.7. The maximum absolute atomic E-state index is 12.4. The van der Waals surface area contributed by atoms with Crippen molar-refractivity contribution in [2.75, 3.05) is 5.32 Å². The number of carbonyl (C=O) groups is 2. The zero-order valence-electron chi connectivity index (χ0n) is 14.7. The lowest BCUT2D eigenvalue weighted by Crippen LogP contribution is -2.39. The molecule has 5 heteroatoms. The number of halogens is 1. The fourth-order valence-corrected chi connectivity index (χ4v) is 3.18. The van der Waals surface area contributed by atoms with Crippen molar-refractivity contribution in [2.45, 2.75) is 58.9 Å². The van der Waals surface area contributed by atoms with Gasteiger partial charge in [0.1, 0.15) is 0 Å². The first-order chi connectivity index (χ1) is 11.4. The second-order valence-electron chi connectivity index (χ2n) is 6.82. The summed E-state index contributed by atoms with van der Waals surface area (Å²) in [5, 5.41) is 6.63. The van der Waals surface area contributed by atoms with E-state index in [2.05, 4.69) is 17.6 Å². The first-order valence-electron chi connectivity index (χ1n) is 8.78. The number of rotatable bonds is 5. The van der Waals surface area contributed by atoms with Gasteiger partial charge in [-0.2, -0.15) is 0 Å². The third kappa shape index (κ3) is 4.97. The van der Waals surface area contributed by atoms with Crippen molar-refractivity contribution in [3.8, 4) is 0 Å². The SMILES string of the molecule is CCC(C)NC(=O)C1CCC(C(=O)Nc2ccc(C)c(Cl)c2)CC1. The van der Waals surface area contributed by atoms with Crippen LogP contribution in [0.25, 0.3) is 0 Å². The normalized spacial score (nSPS) is 21.8. The molecule has 1 aliphatic rings. The molecule has 0 aliphatic heterocycles. The molecule has 1 aromatic rings. The second kappa shape index (κ2) is 8.52. The molecule has 1 unspecified atom stereocenters. The molecular weight excluding hydrogens is 324 g/mol. The summed E-state index contributed by atoms with van der Waals surface area (Å²) < 4.78 is 0. The lowest BCUT2D eigenvalue weighted by Gasteiger charge is -2.28. The molecule has 0 aromatic heterocycles. The number of amides is 2. The Morgan fingerprint density at radius 1 is 1.17 bits per heavy atom. The van der Waals surface area contributed by atoms with Gasteiger partial charge in [0.2, 0.25) is 11.8 Å². The molecule has 1 atom stereocenters. The van der Waals surface area contributed by atoms with Crippen LogP contribution in [0.3, 0.4) is 0 Å². The van der Waals surface area contributed by atoms with Crippen LogP contribution in [0.5, 0.6) is 0 Å². The molecule has 1 saturated carbocycles. The predicted molar refractivity (Wildman–Crippen MR) is 98.2 cm³/mol. The molecular formula is C19H27ClN2O2. The summed E-state index contributed by atoms with van der Waals surface area (Å²) in [7, 11) is 0. The summed E-state index contributed by atoms with van der Waals surface area (Å²) in [5.41, 5.74) is 1.72. The van der Waals surface area contributed by atoms with E-state index in [1.54, 1.807) is 6.07 Å². The maximum Gasteiger partial charge on any atom is 0.227 e. The highest BCUT2D eigenvalue weighted by molar-refractivity contribution is 6.31. The Hall–Kier alpha value is -1.55. The third-order valence-corrected chi connectivity index (χ3v) is 5.32. The van der Waals surface area contributed by atoms with Crippen molar-refractivity contribution < 1.29 is 9.59 Å². The highest BCUT2D eigenvalue weighted by Crippen LogP contribution is 2.30. The van der Waals surface area contributed by atoms with Crippen LogP contribution in [0.4, 0.5) is 5.69 Å². The molecule has 132 valence electrons. The molecule has 0 heterocycles. The fourth-order valence-electron chi connectivity index (χ4n) is 3.00. The average molecular weight is 351 g/mol. The number of hydrogen-bond acceptors (Lipinski definition) is 2. The van der Waals surface area contributed by atoms with Crippen molar-refractivity contribution in [3.63, 3.8) is 0 Å². The van der Waals surface area contributed by atoms with Crippen LogP contribution in [0.1, 0.15) is 51.5 Å². The lowest BCUT2D eigenvalue weighted by molar-refractivity contribution is -0.129. The molecule has 2 amide bonds. The minimum absolute atomic E-state index is 0.0238. The Morgan fingerprint density at radius 2 is 1.75 bits per heavy atom. The average Bonchev–Trinajstić information content (AvgIpc) is 2.58. The van der Waals surface area contributed by atoms with Crippen LogP contribution in [0.2, 0.25) is 5.02 Å². The smallest absolute Gasteiger partial charge is 0.227 e. The van der Waals surface area contributed by atoms with Gasteiger partial charge in [0.15, 0.2) is 0 Å². The van der Waals surface area contributed by atoms with Crippen LogP contribution in [0, 0.1) is 18.8 Å². The van der Waals surface area contributed by atoms with Crippen molar-refractivity contribution in [1.82, 2.24) is 5.32 Å². The Kier molecular flexibility index (Phi) is 6.67. The van der Waals surface area contributed by atoms with Gasteiger partial charge in [0.05, 0.1) is 0 Å². The van der Waals surface area contributed by atoms with Crippen molar-refractivity contribution >= 4 is 29.1 Å².